The Labute approximate surface area is 152 Å². The highest BCUT2D eigenvalue weighted by Crippen LogP contribution is 2.28. The molecule has 0 aliphatic heterocycles. The summed E-state index contributed by atoms with van der Waals surface area (Å²) in [6, 6.07) is 5.96. The topological polar surface area (TPSA) is 94.2 Å². The van der Waals surface area contributed by atoms with Gasteiger partial charge in [0.2, 0.25) is 10.0 Å². The van der Waals surface area contributed by atoms with Gasteiger partial charge in [-0.2, -0.15) is 5.10 Å². The van der Waals surface area contributed by atoms with Crippen LogP contribution in [0.25, 0.3) is 5.65 Å². The van der Waals surface area contributed by atoms with E-state index in [1.807, 2.05) is 28.8 Å². The van der Waals surface area contributed by atoms with Gasteiger partial charge in [0.25, 0.3) is 0 Å². The van der Waals surface area contributed by atoms with Crippen LogP contribution in [0.1, 0.15) is 44.0 Å². The third-order valence-corrected chi connectivity index (χ3v) is 6.28. The lowest BCUT2D eigenvalue weighted by Gasteiger charge is -2.21. The van der Waals surface area contributed by atoms with Gasteiger partial charge in [-0.1, -0.05) is 25.3 Å². The molecule has 0 atom stereocenters. The summed E-state index contributed by atoms with van der Waals surface area (Å²) in [5.74, 6) is 0.723. The number of rotatable bonds is 6. The van der Waals surface area contributed by atoms with Gasteiger partial charge in [-0.15, -0.1) is 10.2 Å². The monoisotopic (exact) mass is 374 g/mol. The van der Waals surface area contributed by atoms with Crippen LogP contribution in [0.3, 0.4) is 0 Å². The van der Waals surface area contributed by atoms with Gasteiger partial charge in [-0.3, -0.25) is 9.08 Å². The molecule has 3 heterocycles. The molecule has 3 aromatic heterocycles. The van der Waals surface area contributed by atoms with Gasteiger partial charge in [0.1, 0.15) is 10.7 Å². The van der Waals surface area contributed by atoms with Crippen molar-refractivity contribution in [2.24, 2.45) is 0 Å². The van der Waals surface area contributed by atoms with Crippen LogP contribution >= 0.6 is 0 Å². The quantitative estimate of drug-likeness (QED) is 0.712. The third-order valence-electron chi connectivity index (χ3n) is 4.86. The number of nitrogens with zero attached hydrogens (tertiary/aromatic N) is 5. The molecule has 26 heavy (non-hydrogen) atoms. The zero-order valence-electron chi connectivity index (χ0n) is 14.5. The zero-order chi connectivity index (χ0) is 18.0. The lowest BCUT2D eigenvalue weighted by atomic mass is 9.96. The minimum Gasteiger partial charge on any atom is -0.286 e. The maximum atomic E-state index is 12.5. The molecule has 1 aliphatic carbocycles. The molecule has 8 nitrogen and oxygen atoms in total. The van der Waals surface area contributed by atoms with Crippen molar-refractivity contribution in [1.82, 2.24) is 29.1 Å². The number of hydrogen-bond acceptors (Lipinski definition) is 5. The molecule has 0 radical (unpaired) electrons. The lowest BCUT2D eigenvalue weighted by molar-refractivity contribution is 0.329. The number of fused-ring (bicyclic) bond motifs is 1. The van der Waals surface area contributed by atoms with E-state index >= 15 is 0 Å². The number of sulfonamides is 1. The smallest absolute Gasteiger partial charge is 0.243 e. The summed E-state index contributed by atoms with van der Waals surface area (Å²) in [6.45, 7) is 0.257. The summed E-state index contributed by atoms with van der Waals surface area (Å²) < 4.78 is 31.3. The van der Waals surface area contributed by atoms with Crippen LogP contribution in [-0.2, 0) is 16.4 Å². The molecule has 9 heteroatoms. The van der Waals surface area contributed by atoms with Crippen LogP contribution in [0.2, 0.25) is 0 Å². The van der Waals surface area contributed by atoms with E-state index in [2.05, 4.69) is 20.0 Å². The molecular formula is C17H22N6O2S. The van der Waals surface area contributed by atoms with Gasteiger partial charge in [0.05, 0.1) is 12.2 Å². The van der Waals surface area contributed by atoms with E-state index in [4.69, 9.17) is 0 Å². The largest absolute Gasteiger partial charge is 0.286 e. The van der Waals surface area contributed by atoms with Gasteiger partial charge in [-0.25, -0.2) is 13.1 Å². The summed E-state index contributed by atoms with van der Waals surface area (Å²) in [5.41, 5.74) is 0.749. The normalized spacial score (nSPS) is 16.3. The van der Waals surface area contributed by atoms with Crippen LogP contribution in [0.5, 0.6) is 0 Å². The first kappa shape index (κ1) is 17.2. The number of aromatic nitrogens is 5. The molecule has 1 aliphatic rings. The molecule has 1 N–H and O–H groups in total. The van der Waals surface area contributed by atoms with Crippen molar-refractivity contribution < 1.29 is 8.42 Å². The molecule has 0 unspecified atom stereocenters. The summed E-state index contributed by atoms with van der Waals surface area (Å²) in [7, 11) is -3.58. The minimum atomic E-state index is -3.58. The predicted octanol–water partition coefficient (Wildman–Crippen LogP) is 1.95. The molecule has 138 valence electrons. The molecule has 1 fully saturated rings. The summed E-state index contributed by atoms with van der Waals surface area (Å²) in [6.07, 6.45) is 11.1. The summed E-state index contributed by atoms with van der Waals surface area (Å²) in [4.78, 5) is 0.217. The SMILES string of the molecule is O=S(=O)(NCCc1nnc2ccccn12)c1cnn(C2CCCCC2)c1. The van der Waals surface area contributed by atoms with E-state index in [-0.39, 0.29) is 11.4 Å². The highest BCUT2D eigenvalue weighted by molar-refractivity contribution is 7.89. The lowest BCUT2D eigenvalue weighted by Crippen LogP contribution is -2.26. The number of hydrogen-bond donors (Lipinski definition) is 1. The highest BCUT2D eigenvalue weighted by Gasteiger charge is 2.21. The summed E-state index contributed by atoms with van der Waals surface area (Å²) >= 11 is 0. The Morgan fingerprint density at radius 2 is 2.00 bits per heavy atom. The van der Waals surface area contributed by atoms with E-state index in [9.17, 15) is 8.42 Å². The molecule has 0 amide bonds. The first-order valence-corrected chi connectivity index (χ1v) is 10.4. The Bertz CT molecular complexity index is 988. The summed E-state index contributed by atoms with van der Waals surface area (Å²) in [5, 5.41) is 12.5. The molecule has 1 saturated carbocycles. The Morgan fingerprint density at radius 3 is 2.85 bits per heavy atom. The van der Waals surface area contributed by atoms with E-state index in [0.717, 1.165) is 24.3 Å². The Morgan fingerprint density at radius 1 is 1.15 bits per heavy atom. The molecule has 0 spiro atoms. The zero-order valence-corrected chi connectivity index (χ0v) is 15.3. The van der Waals surface area contributed by atoms with Crippen molar-refractivity contribution in [2.45, 2.75) is 49.5 Å². The van der Waals surface area contributed by atoms with Crippen molar-refractivity contribution in [3.05, 3.63) is 42.6 Å². The van der Waals surface area contributed by atoms with Crippen molar-refractivity contribution in [3.8, 4) is 0 Å². The van der Waals surface area contributed by atoms with Gasteiger partial charge in [-0.05, 0) is 25.0 Å². The van der Waals surface area contributed by atoms with Crippen LogP contribution in [-0.4, -0.2) is 39.3 Å². The van der Waals surface area contributed by atoms with Gasteiger partial charge >= 0.3 is 0 Å². The van der Waals surface area contributed by atoms with Crippen LogP contribution in [0, 0.1) is 0 Å². The van der Waals surface area contributed by atoms with Gasteiger partial charge in [0, 0.05) is 25.4 Å². The Kier molecular flexibility index (Phi) is 4.73. The Hall–Kier alpha value is -2.26. The van der Waals surface area contributed by atoms with E-state index in [1.165, 1.54) is 25.5 Å². The van der Waals surface area contributed by atoms with Crippen LogP contribution in [0.15, 0.2) is 41.7 Å². The number of pyridine rings is 1. The van der Waals surface area contributed by atoms with E-state index < -0.39 is 10.0 Å². The second-order valence-corrected chi connectivity index (χ2v) is 8.41. The van der Waals surface area contributed by atoms with E-state index in [1.54, 1.807) is 10.9 Å². The Balaban J connectivity index is 1.40. The first-order chi connectivity index (χ1) is 12.6. The van der Waals surface area contributed by atoms with Crippen molar-refractivity contribution in [2.75, 3.05) is 6.54 Å². The number of nitrogens with one attached hydrogen (secondary N) is 1. The molecule has 0 saturated heterocycles. The first-order valence-electron chi connectivity index (χ1n) is 8.96. The predicted molar refractivity (Wildman–Crippen MR) is 96.2 cm³/mol. The average Bonchev–Trinajstić information content (AvgIpc) is 3.31. The molecule has 4 rings (SSSR count). The molecule has 3 aromatic rings. The second kappa shape index (κ2) is 7.16. The van der Waals surface area contributed by atoms with Crippen LogP contribution < -0.4 is 4.72 Å². The fraction of sp³-hybridized carbons (Fsp3) is 0.471. The molecule has 0 bridgehead atoms. The van der Waals surface area contributed by atoms with Gasteiger partial charge in [0.15, 0.2) is 5.65 Å². The molecule has 0 aromatic carbocycles. The van der Waals surface area contributed by atoms with E-state index in [0.29, 0.717) is 12.5 Å². The maximum absolute atomic E-state index is 12.5. The third kappa shape index (κ3) is 3.49. The maximum Gasteiger partial charge on any atom is 0.243 e. The van der Waals surface area contributed by atoms with Crippen molar-refractivity contribution in [3.63, 3.8) is 0 Å². The van der Waals surface area contributed by atoms with Crippen molar-refractivity contribution in [1.29, 1.82) is 0 Å². The van der Waals surface area contributed by atoms with Crippen LogP contribution in [0.4, 0.5) is 0 Å². The average molecular weight is 374 g/mol. The fourth-order valence-corrected chi connectivity index (χ4v) is 4.42. The standard InChI is InChI=1S/C17H22N6O2S/c24-26(25,15-12-18-23(13-15)14-6-2-1-3-7-14)19-10-9-17-21-20-16-8-4-5-11-22(16)17/h4-5,8,11-14,19H,1-3,6-7,9-10H2. The van der Waals surface area contributed by atoms with Crippen molar-refractivity contribution >= 4 is 15.7 Å². The fourth-order valence-electron chi connectivity index (χ4n) is 3.45. The highest BCUT2D eigenvalue weighted by atomic mass is 32.2. The molecular weight excluding hydrogens is 352 g/mol. The van der Waals surface area contributed by atoms with Gasteiger partial charge < -0.3 is 0 Å². The minimum absolute atomic E-state index is 0.217. The second-order valence-electron chi connectivity index (χ2n) is 6.64.